The molecular weight excluding hydrogens is 362 g/mol. The van der Waals surface area contributed by atoms with Crippen LogP contribution in [0.2, 0.25) is 0 Å². The fourth-order valence-electron chi connectivity index (χ4n) is 3.33. The van der Waals surface area contributed by atoms with E-state index in [1.165, 1.54) is 38.4 Å². The highest BCUT2D eigenvalue weighted by Gasteiger charge is 2.20. The average molecular weight is 396 g/mol. The molecule has 1 aromatic rings. The highest BCUT2D eigenvalue weighted by molar-refractivity contribution is 7.90. The van der Waals surface area contributed by atoms with Crippen LogP contribution < -0.4 is 15.4 Å². The predicted octanol–water partition coefficient (Wildman–Crippen LogP) is 2.99. The van der Waals surface area contributed by atoms with E-state index in [9.17, 15) is 8.42 Å². The van der Waals surface area contributed by atoms with Gasteiger partial charge in [-0.1, -0.05) is 13.3 Å². The van der Waals surface area contributed by atoms with Crippen LogP contribution in [-0.2, 0) is 9.84 Å². The summed E-state index contributed by atoms with van der Waals surface area (Å²) in [6.07, 6.45) is 7.46. The topological polar surface area (TPSA) is 79.8 Å². The summed E-state index contributed by atoms with van der Waals surface area (Å²) in [5, 5.41) is 6.84. The summed E-state index contributed by atoms with van der Waals surface area (Å²) in [5.74, 6) is 2.37. The number of guanidine groups is 1. The predicted molar refractivity (Wildman–Crippen MR) is 110 cm³/mol. The van der Waals surface area contributed by atoms with E-state index in [-0.39, 0.29) is 0 Å². The van der Waals surface area contributed by atoms with Crippen molar-refractivity contribution in [1.29, 1.82) is 0 Å². The normalized spacial score (nSPS) is 20.9. The van der Waals surface area contributed by atoms with E-state index in [1.54, 1.807) is 24.3 Å². The van der Waals surface area contributed by atoms with Crippen LogP contribution in [0.5, 0.6) is 5.75 Å². The number of hydrogen-bond donors (Lipinski definition) is 2. The van der Waals surface area contributed by atoms with E-state index >= 15 is 0 Å². The van der Waals surface area contributed by atoms with Crippen molar-refractivity contribution in [2.45, 2.75) is 56.9 Å². The van der Waals surface area contributed by atoms with E-state index in [1.807, 2.05) is 0 Å². The summed E-state index contributed by atoms with van der Waals surface area (Å²) in [7, 11) is -3.18. The molecule has 1 aliphatic carbocycles. The molecule has 0 spiro atoms. The molecule has 0 amide bonds. The quantitative estimate of drug-likeness (QED) is 0.402. The van der Waals surface area contributed by atoms with Gasteiger partial charge in [0.05, 0.1) is 11.4 Å². The second kappa shape index (κ2) is 10.5. The SMILES string of the molecule is CCNC(=NCCOc1ccc(S(C)(=O)=O)cc1)NC1CCC(CC)CC1. The Labute approximate surface area is 163 Å². The largest absolute Gasteiger partial charge is 0.492 e. The molecule has 0 aromatic heterocycles. The minimum absolute atomic E-state index is 0.296. The van der Waals surface area contributed by atoms with Gasteiger partial charge in [0, 0.05) is 18.8 Å². The third-order valence-corrected chi connectivity index (χ3v) is 6.12. The molecule has 1 aliphatic rings. The maximum Gasteiger partial charge on any atom is 0.191 e. The van der Waals surface area contributed by atoms with Gasteiger partial charge in [0.2, 0.25) is 0 Å². The number of benzene rings is 1. The molecule has 2 rings (SSSR count). The van der Waals surface area contributed by atoms with Crippen molar-refractivity contribution in [2.24, 2.45) is 10.9 Å². The van der Waals surface area contributed by atoms with Crippen LogP contribution in [0.4, 0.5) is 0 Å². The second-order valence-corrected chi connectivity index (χ2v) is 9.14. The minimum Gasteiger partial charge on any atom is -0.492 e. The Hall–Kier alpha value is -1.76. The lowest BCUT2D eigenvalue weighted by Crippen LogP contribution is -2.45. The molecule has 0 aliphatic heterocycles. The maximum absolute atomic E-state index is 11.5. The first kappa shape index (κ1) is 21.5. The van der Waals surface area contributed by atoms with E-state index in [4.69, 9.17) is 4.74 Å². The first-order valence-electron chi connectivity index (χ1n) is 9.90. The van der Waals surface area contributed by atoms with Gasteiger partial charge in [-0.2, -0.15) is 0 Å². The number of rotatable bonds is 8. The van der Waals surface area contributed by atoms with Crippen molar-refractivity contribution in [3.8, 4) is 5.75 Å². The lowest BCUT2D eigenvalue weighted by atomic mass is 9.84. The molecule has 0 bridgehead atoms. The molecule has 2 N–H and O–H groups in total. The lowest BCUT2D eigenvalue weighted by molar-refractivity contribution is 0.303. The van der Waals surface area contributed by atoms with Gasteiger partial charge in [-0.15, -0.1) is 0 Å². The lowest BCUT2D eigenvalue weighted by Gasteiger charge is -2.29. The first-order chi connectivity index (χ1) is 12.9. The van der Waals surface area contributed by atoms with E-state index in [0.29, 0.717) is 29.8 Å². The van der Waals surface area contributed by atoms with Gasteiger partial charge in [0.1, 0.15) is 12.4 Å². The van der Waals surface area contributed by atoms with E-state index < -0.39 is 9.84 Å². The Bertz CT molecular complexity index is 694. The summed E-state index contributed by atoms with van der Waals surface area (Å²) in [6, 6.07) is 6.97. The number of nitrogens with zero attached hydrogens (tertiary/aromatic N) is 1. The summed E-state index contributed by atoms with van der Waals surface area (Å²) >= 11 is 0. The molecular formula is C20H33N3O3S. The van der Waals surface area contributed by atoms with Crippen molar-refractivity contribution in [2.75, 3.05) is 26.0 Å². The Balaban J connectivity index is 1.79. The van der Waals surface area contributed by atoms with Gasteiger partial charge in [-0.05, 0) is 62.8 Å². The molecule has 27 heavy (non-hydrogen) atoms. The smallest absolute Gasteiger partial charge is 0.191 e. The van der Waals surface area contributed by atoms with Gasteiger partial charge >= 0.3 is 0 Å². The molecule has 0 saturated heterocycles. The Morgan fingerprint density at radius 1 is 1.15 bits per heavy atom. The van der Waals surface area contributed by atoms with E-state index in [0.717, 1.165) is 18.4 Å². The number of hydrogen-bond acceptors (Lipinski definition) is 4. The van der Waals surface area contributed by atoms with Gasteiger partial charge in [0.15, 0.2) is 15.8 Å². The first-order valence-corrected chi connectivity index (χ1v) is 11.8. The summed E-state index contributed by atoms with van der Waals surface area (Å²) in [6.45, 7) is 6.14. The number of sulfone groups is 1. The molecule has 0 unspecified atom stereocenters. The highest BCUT2D eigenvalue weighted by atomic mass is 32.2. The fraction of sp³-hybridized carbons (Fsp3) is 0.650. The highest BCUT2D eigenvalue weighted by Crippen LogP contribution is 2.26. The summed E-state index contributed by atoms with van der Waals surface area (Å²) in [5.41, 5.74) is 0. The van der Waals surface area contributed by atoms with Crippen LogP contribution in [0.25, 0.3) is 0 Å². The minimum atomic E-state index is -3.18. The molecule has 7 heteroatoms. The maximum atomic E-state index is 11.5. The molecule has 0 atom stereocenters. The van der Waals surface area contributed by atoms with Crippen molar-refractivity contribution >= 4 is 15.8 Å². The third kappa shape index (κ3) is 7.40. The molecule has 1 saturated carbocycles. The number of ether oxygens (including phenoxy) is 1. The number of nitrogens with one attached hydrogen (secondary N) is 2. The van der Waals surface area contributed by atoms with Gasteiger partial charge < -0.3 is 15.4 Å². The Kier molecular flexibility index (Phi) is 8.41. The van der Waals surface area contributed by atoms with Crippen LogP contribution in [0.15, 0.2) is 34.2 Å². The zero-order valence-electron chi connectivity index (χ0n) is 16.7. The number of aliphatic imine (C=N–C) groups is 1. The molecule has 1 aromatic carbocycles. The van der Waals surface area contributed by atoms with Crippen LogP contribution in [0, 0.1) is 5.92 Å². The molecule has 0 heterocycles. The van der Waals surface area contributed by atoms with Gasteiger partial charge in [-0.25, -0.2) is 13.4 Å². The average Bonchev–Trinajstić information content (AvgIpc) is 2.65. The second-order valence-electron chi connectivity index (χ2n) is 7.12. The van der Waals surface area contributed by atoms with Crippen LogP contribution >= 0.6 is 0 Å². The van der Waals surface area contributed by atoms with Crippen molar-refractivity contribution in [3.05, 3.63) is 24.3 Å². The summed E-state index contributed by atoms with van der Waals surface area (Å²) < 4.78 is 28.6. The molecule has 1 fully saturated rings. The molecule has 6 nitrogen and oxygen atoms in total. The van der Waals surface area contributed by atoms with E-state index in [2.05, 4.69) is 29.5 Å². The molecule has 152 valence electrons. The van der Waals surface area contributed by atoms with Gasteiger partial charge in [-0.3, -0.25) is 0 Å². The van der Waals surface area contributed by atoms with Crippen molar-refractivity contribution in [3.63, 3.8) is 0 Å². The van der Waals surface area contributed by atoms with Crippen molar-refractivity contribution in [1.82, 2.24) is 10.6 Å². The van der Waals surface area contributed by atoms with Gasteiger partial charge in [0.25, 0.3) is 0 Å². The third-order valence-electron chi connectivity index (χ3n) is 4.99. The standard InChI is InChI=1S/C20H33N3O3S/c1-4-16-6-8-17(9-7-16)23-20(21-5-2)22-14-15-26-18-10-12-19(13-11-18)27(3,24)25/h10-13,16-17H,4-9,14-15H2,1-3H3,(H2,21,22,23). The zero-order valence-corrected chi connectivity index (χ0v) is 17.5. The fourth-order valence-corrected chi connectivity index (χ4v) is 3.96. The summed E-state index contributed by atoms with van der Waals surface area (Å²) in [4.78, 5) is 4.89. The monoisotopic (exact) mass is 395 g/mol. The Morgan fingerprint density at radius 3 is 2.37 bits per heavy atom. The van der Waals surface area contributed by atoms with Crippen LogP contribution in [-0.4, -0.2) is 46.4 Å². The van der Waals surface area contributed by atoms with Crippen molar-refractivity contribution < 1.29 is 13.2 Å². The Morgan fingerprint density at radius 2 is 1.81 bits per heavy atom. The zero-order chi connectivity index (χ0) is 19.7. The van der Waals surface area contributed by atoms with Crippen LogP contribution in [0.3, 0.4) is 0 Å². The van der Waals surface area contributed by atoms with Crippen LogP contribution in [0.1, 0.15) is 46.0 Å². The molecule has 0 radical (unpaired) electrons.